The largest absolute Gasteiger partial charge is 0.271 e. The van der Waals surface area contributed by atoms with Gasteiger partial charge in [0.15, 0.2) is 0 Å². The molecular weight excluding hydrogens is 188 g/mol. The number of rotatable bonds is 4. The molecule has 1 aliphatic rings. The lowest BCUT2D eigenvalue weighted by Gasteiger charge is -2.18. The highest BCUT2D eigenvalue weighted by Crippen LogP contribution is 2.57. The van der Waals surface area contributed by atoms with Gasteiger partial charge in [-0.15, -0.1) is 0 Å². The maximum Gasteiger partial charge on any atom is 0.0662 e. The number of nitrogens with zero attached hydrogens (tertiary/aromatic N) is 2. The van der Waals surface area contributed by atoms with Crippen LogP contribution in [0.3, 0.4) is 0 Å². The van der Waals surface area contributed by atoms with Gasteiger partial charge in [-0.3, -0.25) is 16.0 Å². The first-order valence-electron chi connectivity index (χ1n) is 5.58. The lowest BCUT2D eigenvalue weighted by atomic mass is 10.0. The topological polar surface area (TPSA) is 55.9 Å². The molecule has 0 aromatic carbocycles. The Morgan fingerprint density at radius 1 is 1.73 bits per heavy atom. The van der Waals surface area contributed by atoms with Crippen molar-refractivity contribution in [3.05, 3.63) is 18.0 Å². The molecule has 15 heavy (non-hydrogen) atoms. The van der Waals surface area contributed by atoms with Gasteiger partial charge in [0.1, 0.15) is 0 Å². The third kappa shape index (κ3) is 1.79. The van der Waals surface area contributed by atoms with E-state index in [0.29, 0.717) is 11.3 Å². The van der Waals surface area contributed by atoms with Crippen LogP contribution >= 0.6 is 0 Å². The molecule has 84 valence electrons. The minimum atomic E-state index is 0.238. The predicted octanol–water partition coefficient (Wildman–Crippen LogP) is 1.45. The van der Waals surface area contributed by atoms with Gasteiger partial charge in [0.05, 0.1) is 11.7 Å². The van der Waals surface area contributed by atoms with E-state index in [4.69, 9.17) is 5.84 Å². The Labute approximate surface area is 90.8 Å². The molecule has 1 aromatic heterocycles. The van der Waals surface area contributed by atoms with Gasteiger partial charge in [0.25, 0.3) is 0 Å². The van der Waals surface area contributed by atoms with E-state index in [1.54, 1.807) is 0 Å². The maximum atomic E-state index is 5.66. The number of aromatic nitrogens is 2. The molecule has 2 unspecified atom stereocenters. The van der Waals surface area contributed by atoms with Crippen molar-refractivity contribution in [2.75, 3.05) is 0 Å². The summed E-state index contributed by atoms with van der Waals surface area (Å²) in [6.07, 6.45) is 3.08. The standard InChI is InChI=1S/C11H20N4/c1-4-15-9(5-6-13-15)10(14-12)8-7-11(8,2)3/h5-6,8,10,14H,4,7,12H2,1-3H3. The number of aryl methyl sites for hydroxylation is 1. The fourth-order valence-electron chi connectivity index (χ4n) is 2.36. The molecule has 1 aromatic rings. The van der Waals surface area contributed by atoms with Crippen molar-refractivity contribution in [3.63, 3.8) is 0 Å². The van der Waals surface area contributed by atoms with Crippen LogP contribution in [-0.4, -0.2) is 9.78 Å². The average molecular weight is 208 g/mol. The van der Waals surface area contributed by atoms with Crippen molar-refractivity contribution >= 4 is 0 Å². The summed E-state index contributed by atoms with van der Waals surface area (Å²) in [7, 11) is 0. The van der Waals surface area contributed by atoms with Crippen LogP contribution in [0.25, 0.3) is 0 Å². The minimum Gasteiger partial charge on any atom is -0.271 e. The minimum absolute atomic E-state index is 0.238. The first-order chi connectivity index (χ1) is 7.10. The molecule has 1 saturated carbocycles. The highest BCUT2D eigenvalue weighted by atomic mass is 15.3. The van der Waals surface area contributed by atoms with Gasteiger partial charge in [-0.25, -0.2) is 0 Å². The summed E-state index contributed by atoms with van der Waals surface area (Å²) in [5.74, 6) is 6.29. The molecule has 4 nitrogen and oxygen atoms in total. The Morgan fingerprint density at radius 2 is 2.40 bits per heavy atom. The zero-order chi connectivity index (χ0) is 11.1. The number of nitrogens with one attached hydrogen (secondary N) is 1. The highest BCUT2D eigenvalue weighted by molar-refractivity contribution is 5.15. The lowest BCUT2D eigenvalue weighted by Crippen LogP contribution is -2.32. The monoisotopic (exact) mass is 208 g/mol. The molecule has 1 aliphatic carbocycles. The Balaban J connectivity index is 2.21. The van der Waals surface area contributed by atoms with E-state index >= 15 is 0 Å². The molecule has 0 aliphatic heterocycles. The quantitative estimate of drug-likeness (QED) is 0.581. The molecule has 4 heteroatoms. The summed E-state index contributed by atoms with van der Waals surface area (Å²) in [5.41, 5.74) is 4.56. The number of nitrogens with two attached hydrogens (primary N) is 1. The lowest BCUT2D eigenvalue weighted by molar-refractivity contribution is 0.396. The van der Waals surface area contributed by atoms with Crippen LogP contribution in [0.4, 0.5) is 0 Å². The van der Waals surface area contributed by atoms with Crippen molar-refractivity contribution in [3.8, 4) is 0 Å². The highest BCUT2D eigenvalue weighted by Gasteiger charge is 2.50. The zero-order valence-electron chi connectivity index (χ0n) is 9.70. The average Bonchev–Trinajstić information content (AvgIpc) is 2.66. The van der Waals surface area contributed by atoms with Crippen molar-refractivity contribution in [1.82, 2.24) is 15.2 Å². The van der Waals surface area contributed by atoms with Crippen molar-refractivity contribution in [2.45, 2.75) is 39.8 Å². The zero-order valence-corrected chi connectivity index (χ0v) is 9.70. The molecule has 1 fully saturated rings. The molecule has 0 saturated heterocycles. The molecule has 0 radical (unpaired) electrons. The molecule has 0 bridgehead atoms. The van der Waals surface area contributed by atoms with Gasteiger partial charge in [-0.2, -0.15) is 5.10 Å². The molecule has 1 heterocycles. The van der Waals surface area contributed by atoms with Gasteiger partial charge in [-0.1, -0.05) is 13.8 Å². The third-order valence-corrected chi connectivity index (χ3v) is 3.54. The second kappa shape index (κ2) is 3.61. The van der Waals surface area contributed by atoms with Crippen LogP contribution < -0.4 is 11.3 Å². The summed E-state index contributed by atoms with van der Waals surface area (Å²) in [4.78, 5) is 0. The van der Waals surface area contributed by atoms with Gasteiger partial charge >= 0.3 is 0 Å². The van der Waals surface area contributed by atoms with Crippen LogP contribution in [-0.2, 0) is 6.54 Å². The fourth-order valence-corrected chi connectivity index (χ4v) is 2.36. The van der Waals surface area contributed by atoms with Crippen molar-refractivity contribution in [1.29, 1.82) is 0 Å². The summed E-state index contributed by atoms with van der Waals surface area (Å²) < 4.78 is 2.01. The normalized spacial score (nSPS) is 25.2. The van der Waals surface area contributed by atoms with E-state index in [1.807, 2.05) is 10.9 Å². The van der Waals surface area contributed by atoms with Gasteiger partial charge in [0, 0.05) is 12.7 Å². The number of hydrazine groups is 1. The summed E-state index contributed by atoms with van der Waals surface area (Å²) in [5, 5.41) is 4.28. The van der Waals surface area contributed by atoms with E-state index in [1.165, 1.54) is 12.1 Å². The summed E-state index contributed by atoms with van der Waals surface area (Å²) in [6.45, 7) is 7.57. The Morgan fingerprint density at radius 3 is 2.87 bits per heavy atom. The SMILES string of the molecule is CCn1nccc1C(NN)C1CC1(C)C. The second-order valence-electron chi connectivity index (χ2n) is 5.02. The van der Waals surface area contributed by atoms with E-state index in [9.17, 15) is 0 Å². The first kappa shape index (κ1) is 10.6. The van der Waals surface area contributed by atoms with Crippen LogP contribution in [0.2, 0.25) is 0 Å². The molecule has 0 amide bonds. The Kier molecular flexibility index (Phi) is 2.56. The van der Waals surface area contributed by atoms with E-state index in [0.717, 1.165) is 6.54 Å². The molecular formula is C11H20N4. The molecule has 0 spiro atoms. The third-order valence-electron chi connectivity index (χ3n) is 3.54. The van der Waals surface area contributed by atoms with E-state index < -0.39 is 0 Å². The van der Waals surface area contributed by atoms with Gasteiger partial charge in [-0.05, 0) is 30.7 Å². The molecule has 3 N–H and O–H groups in total. The van der Waals surface area contributed by atoms with Crippen molar-refractivity contribution in [2.24, 2.45) is 17.2 Å². The Hall–Kier alpha value is -0.870. The summed E-state index contributed by atoms with van der Waals surface area (Å²) >= 11 is 0. The van der Waals surface area contributed by atoms with Crippen molar-refractivity contribution < 1.29 is 0 Å². The van der Waals surface area contributed by atoms with E-state index in [-0.39, 0.29) is 6.04 Å². The number of hydrogen-bond acceptors (Lipinski definition) is 3. The first-order valence-corrected chi connectivity index (χ1v) is 5.58. The Bertz CT molecular complexity index is 342. The maximum absolute atomic E-state index is 5.66. The van der Waals surface area contributed by atoms with Crippen LogP contribution in [0.15, 0.2) is 12.3 Å². The molecule has 2 atom stereocenters. The van der Waals surface area contributed by atoms with E-state index in [2.05, 4.69) is 37.4 Å². The van der Waals surface area contributed by atoms with Crippen LogP contribution in [0.1, 0.15) is 38.9 Å². The van der Waals surface area contributed by atoms with Gasteiger partial charge in [0.2, 0.25) is 0 Å². The second-order valence-corrected chi connectivity index (χ2v) is 5.02. The fraction of sp³-hybridized carbons (Fsp3) is 0.727. The van der Waals surface area contributed by atoms with Gasteiger partial charge < -0.3 is 0 Å². The number of hydrogen-bond donors (Lipinski definition) is 2. The summed E-state index contributed by atoms with van der Waals surface area (Å²) in [6, 6.07) is 2.30. The van der Waals surface area contributed by atoms with Crippen LogP contribution in [0.5, 0.6) is 0 Å². The van der Waals surface area contributed by atoms with Crippen LogP contribution in [0, 0.1) is 11.3 Å². The predicted molar refractivity (Wildman–Crippen MR) is 59.9 cm³/mol. The smallest absolute Gasteiger partial charge is 0.0662 e. The molecule has 2 rings (SSSR count).